The molecular weight excluding hydrogens is 456 g/mol. The standard InChI is InChI=1S/C32H30N4O/c1-3-34-30(37)26-19-17-25(18-20-26)27-12-10-11-24(21-27)22-36-23(2)32(35-31(36)33,28-13-6-4-7-14-28)29-15-8-5-9-16-29/h4-21H,2-3,22H2,1H3,(H2,33,35)(H,34,37). The Kier molecular flexibility index (Phi) is 6.60. The molecule has 37 heavy (non-hydrogen) atoms. The molecule has 0 aromatic heterocycles. The van der Waals surface area contributed by atoms with Gasteiger partial charge in [0.1, 0.15) is 0 Å². The van der Waals surface area contributed by atoms with E-state index in [1.165, 1.54) is 0 Å². The number of nitrogens with two attached hydrogens (primary N) is 1. The zero-order chi connectivity index (χ0) is 25.8. The molecule has 0 radical (unpaired) electrons. The van der Waals surface area contributed by atoms with Gasteiger partial charge in [-0.05, 0) is 52.9 Å². The number of benzene rings is 4. The third kappa shape index (κ3) is 4.52. The highest BCUT2D eigenvalue weighted by molar-refractivity contribution is 5.94. The van der Waals surface area contributed by atoms with Gasteiger partial charge in [-0.15, -0.1) is 0 Å². The Balaban J connectivity index is 1.44. The number of hydrogen-bond donors (Lipinski definition) is 2. The van der Waals surface area contributed by atoms with Crippen LogP contribution in [0.4, 0.5) is 0 Å². The van der Waals surface area contributed by atoms with Crippen LogP contribution in [-0.4, -0.2) is 23.3 Å². The van der Waals surface area contributed by atoms with E-state index in [1.54, 1.807) is 0 Å². The third-order valence-electron chi connectivity index (χ3n) is 6.77. The molecule has 1 aliphatic heterocycles. The number of aliphatic imine (C=N–C) groups is 1. The average molecular weight is 487 g/mol. The Labute approximate surface area is 218 Å². The zero-order valence-corrected chi connectivity index (χ0v) is 20.9. The predicted molar refractivity (Wildman–Crippen MR) is 150 cm³/mol. The first-order valence-electron chi connectivity index (χ1n) is 12.4. The highest BCUT2D eigenvalue weighted by Crippen LogP contribution is 2.45. The highest BCUT2D eigenvalue weighted by Gasteiger charge is 2.45. The summed E-state index contributed by atoms with van der Waals surface area (Å²) >= 11 is 0. The quantitative estimate of drug-likeness (QED) is 0.352. The van der Waals surface area contributed by atoms with Crippen molar-refractivity contribution in [2.45, 2.75) is 19.0 Å². The molecule has 3 N–H and O–H groups in total. The third-order valence-corrected chi connectivity index (χ3v) is 6.77. The number of guanidine groups is 1. The van der Waals surface area contributed by atoms with E-state index < -0.39 is 5.54 Å². The fourth-order valence-corrected chi connectivity index (χ4v) is 4.90. The summed E-state index contributed by atoms with van der Waals surface area (Å²) in [7, 11) is 0. The lowest BCUT2D eigenvalue weighted by Gasteiger charge is -2.31. The maximum Gasteiger partial charge on any atom is 0.251 e. The summed E-state index contributed by atoms with van der Waals surface area (Å²) in [5.41, 5.74) is 12.5. The largest absolute Gasteiger partial charge is 0.369 e. The van der Waals surface area contributed by atoms with E-state index in [1.807, 2.05) is 78.6 Å². The van der Waals surface area contributed by atoms with E-state index in [0.717, 1.165) is 33.5 Å². The van der Waals surface area contributed by atoms with Gasteiger partial charge in [-0.2, -0.15) is 0 Å². The van der Waals surface area contributed by atoms with Crippen molar-refractivity contribution in [3.8, 4) is 11.1 Å². The van der Waals surface area contributed by atoms with Gasteiger partial charge in [0.05, 0.1) is 12.2 Å². The average Bonchev–Trinajstić information content (AvgIpc) is 3.20. The molecule has 0 atom stereocenters. The Morgan fingerprint density at radius 3 is 2.08 bits per heavy atom. The SMILES string of the molecule is C=C1N(Cc2cccc(-c3ccc(C(=O)NCC)cc3)c2)C(N)=NC1(c1ccccc1)c1ccccc1. The monoisotopic (exact) mass is 486 g/mol. The summed E-state index contributed by atoms with van der Waals surface area (Å²) in [5, 5.41) is 2.83. The van der Waals surface area contributed by atoms with Crippen molar-refractivity contribution in [2.75, 3.05) is 6.54 Å². The summed E-state index contributed by atoms with van der Waals surface area (Å²) in [5.74, 6) is 0.375. The van der Waals surface area contributed by atoms with Crippen LogP contribution < -0.4 is 11.1 Å². The Morgan fingerprint density at radius 1 is 0.865 bits per heavy atom. The summed E-state index contributed by atoms with van der Waals surface area (Å²) in [6, 6.07) is 36.4. The number of nitrogens with one attached hydrogen (secondary N) is 1. The Morgan fingerprint density at radius 2 is 1.49 bits per heavy atom. The summed E-state index contributed by atoms with van der Waals surface area (Å²) < 4.78 is 0. The first-order chi connectivity index (χ1) is 18.0. The van der Waals surface area contributed by atoms with Gasteiger partial charge in [-0.3, -0.25) is 4.79 Å². The molecule has 1 aliphatic rings. The Bertz CT molecular complexity index is 1400. The fraction of sp³-hybridized carbons (Fsp3) is 0.125. The molecule has 5 rings (SSSR count). The molecule has 0 saturated heterocycles. The molecule has 1 amide bonds. The number of hydrogen-bond acceptors (Lipinski definition) is 4. The van der Waals surface area contributed by atoms with Gasteiger partial charge in [0.2, 0.25) is 0 Å². The van der Waals surface area contributed by atoms with Gasteiger partial charge in [0.25, 0.3) is 5.91 Å². The van der Waals surface area contributed by atoms with Gasteiger partial charge in [-0.1, -0.05) is 97.6 Å². The van der Waals surface area contributed by atoms with Crippen LogP contribution in [0.15, 0.2) is 126 Å². The topological polar surface area (TPSA) is 70.7 Å². The minimum Gasteiger partial charge on any atom is -0.369 e. The minimum absolute atomic E-state index is 0.0644. The van der Waals surface area contributed by atoms with Crippen LogP contribution in [0.25, 0.3) is 11.1 Å². The van der Waals surface area contributed by atoms with E-state index >= 15 is 0 Å². The number of nitrogens with zero attached hydrogens (tertiary/aromatic N) is 2. The van der Waals surface area contributed by atoms with Crippen molar-refractivity contribution in [1.29, 1.82) is 0 Å². The van der Waals surface area contributed by atoms with Crippen LogP contribution in [0, 0.1) is 0 Å². The lowest BCUT2D eigenvalue weighted by Crippen LogP contribution is -2.34. The fourth-order valence-electron chi connectivity index (χ4n) is 4.90. The van der Waals surface area contributed by atoms with Crippen LogP contribution in [0.5, 0.6) is 0 Å². The van der Waals surface area contributed by atoms with E-state index in [0.29, 0.717) is 24.6 Å². The highest BCUT2D eigenvalue weighted by atomic mass is 16.1. The molecule has 5 heteroatoms. The van der Waals surface area contributed by atoms with Gasteiger partial charge in [0.15, 0.2) is 11.5 Å². The molecule has 0 bridgehead atoms. The lowest BCUT2D eigenvalue weighted by molar-refractivity contribution is 0.0956. The zero-order valence-electron chi connectivity index (χ0n) is 20.9. The number of carbonyl (C=O) groups excluding carboxylic acids is 1. The van der Waals surface area contributed by atoms with Crippen molar-refractivity contribution in [2.24, 2.45) is 10.7 Å². The molecule has 0 saturated carbocycles. The molecule has 0 unspecified atom stereocenters. The normalized spacial score (nSPS) is 14.4. The number of carbonyl (C=O) groups is 1. The van der Waals surface area contributed by atoms with E-state index in [2.05, 4.69) is 54.4 Å². The maximum atomic E-state index is 12.1. The molecule has 0 aliphatic carbocycles. The molecule has 5 nitrogen and oxygen atoms in total. The van der Waals surface area contributed by atoms with Crippen molar-refractivity contribution < 1.29 is 4.79 Å². The van der Waals surface area contributed by atoms with Crippen molar-refractivity contribution in [3.05, 3.63) is 144 Å². The Hall–Kier alpha value is -4.64. The van der Waals surface area contributed by atoms with Crippen LogP contribution in [-0.2, 0) is 12.1 Å². The van der Waals surface area contributed by atoms with Crippen molar-refractivity contribution in [1.82, 2.24) is 10.2 Å². The second kappa shape index (κ2) is 10.2. The lowest BCUT2D eigenvalue weighted by atomic mass is 9.81. The molecule has 1 heterocycles. The number of rotatable bonds is 7. The van der Waals surface area contributed by atoms with Gasteiger partial charge < -0.3 is 16.0 Å². The van der Waals surface area contributed by atoms with E-state index in [4.69, 9.17) is 10.7 Å². The van der Waals surface area contributed by atoms with Crippen molar-refractivity contribution >= 4 is 11.9 Å². The van der Waals surface area contributed by atoms with E-state index in [-0.39, 0.29) is 5.91 Å². The molecular formula is C32H30N4O. The van der Waals surface area contributed by atoms with Gasteiger partial charge in [0, 0.05) is 12.1 Å². The smallest absolute Gasteiger partial charge is 0.251 e. The summed E-state index contributed by atoms with van der Waals surface area (Å²) in [6.45, 7) is 7.56. The first kappa shape index (κ1) is 24.1. The second-order valence-corrected chi connectivity index (χ2v) is 9.08. The molecule has 4 aromatic carbocycles. The predicted octanol–water partition coefficient (Wildman–Crippen LogP) is 5.69. The first-order valence-corrected chi connectivity index (χ1v) is 12.4. The minimum atomic E-state index is -0.779. The van der Waals surface area contributed by atoms with Crippen LogP contribution in [0.2, 0.25) is 0 Å². The van der Waals surface area contributed by atoms with Crippen LogP contribution in [0.1, 0.15) is 34.0 Å². The van der Waals surface area contributed by atoms with Crippen molar-refractivity contribution in [3.63, 3.8) is 0 Å². The maximum absolute atomic E-state index is 12.1. The second-order valence-electron chi connectivity index (χ2n) is 9.08. The van der Waals surface area contributed by atoms with E-state index in [9.17, 15) is 4.79 Å². The van der Waals surface area contributed by atoms with Gasteiger partial charge >= 0.3 is 0 Å². The molecule has 184 valence electrons. The summed E-state index contributed by atoms with van der Waals surface area (Å²) in [4.78, 5) is 19.1. The summed E-state index contributed by atoms with van der Waals surface area (Å²) in [6.07, 6.45) is 0. The van der Waals surface area contributed by atoms with Crippen LogP contribution in [0.3, 0.4) is 0 Å². The molecule has 0 spiro atoms. The van der Waals surface area contributed by atoms with Crippen LogP contribution >= 0.6 is 0 Å². The molecule has 0 fully saturated rings. The molecule has 4 aromatic rings. The number of amides is 1. The van der Waals surface area contributed by atoms with Gasteiger partial charge in [-0.25, -0.2) is 4.99 Å².